The lowest BCUT2D eigenvalue weighted by Crippen LogP contribution is -2.10. The third kappa shape index (κ3) is 4.23. The predicted molar refractivity (Wildman–Crippen MR) is 89.6 cm³/mol. The van der Waals surface area contributed by atoms with Crippen molar-refractivity contribution in [1.82, 2.24) is 10.1 Å². The zero-order valence-corrected chi connectivity index (χ0v) is 14.8. The number of thiophene rings is 1. The second-order valence-corrected chi connectivity index (χ2v) is 7.93. The number of rotatable bonds is 5. The number of hydrogen-bond donors (Lipinski definition) is 1. The molecule has 8 nitrogen and oxygen atoms in total. The fourth-order valence-corrected chi connectivity index (χ4v) is 3.61. The number of sulfonamides is 1. The number of carbonyl (C=O) groups is 1. The molecule has 2 aromatic heterocycles. The van der Waals surface area contributed by atoms with E-state index in [2.05, 4.69) is 10.1 Å². The number of carbonyl (C=O) groups excluding carboxylic acids is 1. The smallest absolute Gasteiger partial charge is 0.339 e. The van der Waals surface area contributed by atoms with Gasteiger partial charge in [-0.2, -0.15) is 4.98 Å². The largest absolute Gasteiger partial charge is 0.452 e. The van der Waals surface area contributed by atoms with Gasteiger partial charge in [0.2, 0.25) is 15.8 Å². The molecule has 2 heterocycles. The Hall–Kier alpha value is -2.27. The van der Waals surface area contributed by atoms with Crippen molar-refractivity contribution in [2.45, 2.75) is 10.8 Å². The molecule has 0 saturated heterocycles. The fraction of sp³-hybridized carbons (Fsp3) is 0.0714. The van der Waals surface area contributed by atoms with Gasteiger partial charge in [-0.15, -0.1) is 11.3 Å². The maximum absolute atomic E-state index is 11.9. The highest BCUT2D eigenvalue weighted by Gasteiger charge is 2.17. The number of primary sulfonamides is 1. The molecule has 130 valence electrons. The molecule has 0 radical (unpaired) electrons. The van der Waals surface area contributed by atoms with E-state index in [-0.39, 0.29) is 22.3 Å². The van der Waals surface area contributed by atoms with Gasteiger partial charge in [0.05, 0.1) is 5.56 Å². The molecule has 0 aliphatic heterocycles. The SMILES string of the molecule is NS(=O)(=O)c1cc(C(=O)OCc2nc(-c3cccc(Cl)c3)no2)cs1. The van der Waals surface area contributed by atoms with E-state index in [9.17, 15) is 13.2 Å². The molecule has 2 N–H and O–H groups in total. The van der Waals surface area contributed by atoms with E-state index < -0.39 is 16.0 Å². The van der Waals surface area contributed by atoms with Crippen LogP contribution in [0.15, 0.2) is 44.4 Å². The Balaban J connectivity index is 1.66. The summed E-state index contributed by atoms with van der Waals surface area (Å²) in [6.07, 6.45) is 0. The van der Waals surface area contributed by atoms with Crippen molar-refractivity contribution in [3.63, 3.8) is 0 Å². The Kier molecular flexibility index (Phi) is 4.86. The van der Waals surface area contributed by atoms with Crippen LogP contribution in [0.2, 0.25) is 5.02 Å². The van der Waals surface area contributed by atoms with Crippen LogP contribution in [0.5, 0.6) is 0 Å². The van der Waals surface area contributed by atoms with Gasteiger partial charge >= 0.3 is 5.97 Å². The summed E-state index contributed by atoms with van der Waals surface area (Å²) < 4.78 is 32.3. The molecule has 1 aromatic carbocycles. The number of esters is 1. The number of nitrogens with zero attached hydrogens (tertiary/aromatic N) is 2. The molecule has 0 bridgehead atoms. The first-order chi connectivity index (χ1) is 11.8. The highest BCUT2D eigenvalue weighted by molar-refractivity contribution is 7.91. The normalized spacial score (nSPS) is 11.4. The van der Waals surface area contributed by atoms with E-state index in [1.807, 2.05) is 0 Å². The van der Waals surface area contributed by atoms with Crippen LogP contribution >= 0.6 is 22.9 Å². The molecule has 3 rings (SSSR count). The van der Waals surface area contributed by atoms with Crippen molar-refractivity contribution in [3.8, 4) is 11.4 Å². The maximum atomic E-state index is 11.9. The Bertz CT molecular complexity index is 1030. The highest BCUT2D eigenvalue weighted by Crippen LogP contribution is 2.21. The zero-order chi connectivity index (χ0) is 18.0. The first-order valence-electron chi connectivity index (χ1n) is 6.70. The highest BCUT2D eigenvalue weighted by atomic mass is 35.5. The van der Waals surface area contributed by atoms with Crippen LogP contribution in [0.1, 0.15) is 16.2 Å². The van der Waals surface area contributed by atoms with Gasteiger partial charge in [-0.05, 0) is 18.2 Å². The van der Waals surface area contributed by atoms with Gasteiger partial charge in [-0.3, -0.25) is 0 Å². The number of ether oxygens (including phenoxy) is 1. The summed E-state index contributed by atoms with van der Waals surface area (Å²) in [6, 6.07) is 8.03. The Morgan fingerprint density at radius 3 is 2.84 bits per heavy atom. The third-order valence-corrected chi connectivity index (χ3v) is 5.59. The second kappa shape index (κ2) is 6.92. The average molecular weight is 400 g/mol. The van der Waals surface area contributed by atoms with Crippen LogP contribution < -0.4 is 5.14 Å². The molecule has 0 spiro atoms. The lowest BCUT2D eigenvalue weighted by atomic mass is 10.2. The fourth-order valence-electron chi connectivity index (χ4n) is 1.84. The van der Waals surface area contributed by atoms with Crippen LogP contribution in [-0.2, 0) is 21.4 Å². The van der Waals surface area contributed by atoms with Crippen LogP contribution in [0, 0.1) is 0 Å². The average Bonchev–Trinajstić information content (AvgIpc) is 3.22. The predicted octanol–water partition coefficient (Wildman–Crippen LogP) is 2.46. The van der Waals surface area contributed by atoms with E-state index in [4.69, 9.17) is 26.0 Å². The standard InChI is InChI=1S/C14H10ClN3O5S2/c15-10-3-1-2-8(4-10)13-17-11(23-18-13)6-22-14(19)9-5-12(24-7-9)25(16,20)21/h1-5,7H,6H2,(H2,16,20,21). The lowest BCUT2D eigenvalue weighted by Gasteiger charge is -1.98. The Morgan fingerprint density at radius 2 is 2.16 bits per heavy atom. The topological polar surface area (TPSA) is 125 Å². The van der Waals surface area contributed by atoms with Gasteiger partial charge in [0, 0.05) is 16.0 Å². The van der Waals surface area contributed by atoms with Crippen LogP contribution in [0.3, 0.4) is 0 Å². The summed E-state index contributed by atoms with van der Waals surface area (Å²) in [7, 11) is -3.85. The number of hydrogen-bond acceptors (Lipinski definition) is 8. The summed E-state index contributed by atoms with van der Waals surface area (Å²) >= 11 is 6.73. The van der Waals surface area contributed by atoms with Crippen molar-refractivity contribution in [2.75, 3.05) is 0 Å². The third-order valence-electron chi connectivity index (χ3n) is 2.97. The Labute approximate surface area is 151 Å². The van der Waals surface area contributed by atoms with E-state index in [0.29, 0.717) is 16.4 Å². The minimum Gasteiger partial charge on any atom is -0.452 e. The van der Waals surface area contributed by atoms with E-state index in [0.717, 1.165) is 17.4 Å². The van der Waals surface area contributed by atoms with Crippen molar-refractivity contribution >= 4 is 38.9 Å². The van der Waals surface area contributed by atoms with Crippen molar-refractivity contribution in [1.29, 1.82) is 0 Å². The molecular weight excluding hydrogens is 390 g/mol. The zero-order valence-electron chi connectivity index (χ0n) is 12.4. The Morgan fingerprint density at radius 1 is 1.36 bits per heavy atom. The molecule has 0 atom stereocenters. The van der Waals surface area contributed by atoms with Gasteiger partial charge < -0.3 is 9.26 Å². The van der Waals surface area contributed by atoms with E-state index in [1.54, 1.807) is 24.3 Å². The number of halogens is 1. The molecule has 0 amide bonds. The van der Waals surface area contributed by atoms with Gasteiger partial charge in [-0.1, -0.05) is 28.9 Å². The molecule has 0 saturated carbocycles. The molecule has 0 aliphatic carbocycles. The van der Waals surface area contributed by atoms with Crippen LogP contribution in [-0.4, -0.2) is 24.5 Å². The molecule has 11 heteroatoms. The lowest BCUT2D eigenvalue weighted by molar-refractivity contribution is 0.0430. The second-order valence-electron chi connectivity index (χ2n) is 4.80. The maximum Gasteiger partial charge on any atom is 0.339 e. The van der Waals surface area contributed by atoms with Crippen LogP contribution in [0.4, 0.5) is 0 Å². The summed E-state index contributed by atoms with van der Waals surface area (Å²) in [5.41, 5.74) is 0.730. The first-order valence-corrected chi connectivity index (χ1v) is 9.50. The number of benzene rings is 1. The van der Waals surface area contributed by atoms with Crippen molar-refractivity contribution < 1.29 is 22.5 Å². The first kappa shape index (κ1) is 17.5. The van der Waals surface area contributed by atoms with Gasteiger partial charge in [0.1, 0.15) is 4.21 Å². The minimum atomic E-state index is -3.85. The van der Waals surface area contributed by atoms with Crippen molar-refractivity contribution in [3.05, 3.63) is 52.2 Å². The minimum absolute atomic E-state index is 0.0728. The van der Waals surface area contributed by atoms with Gasteiger partial charge in [0.15, 0.2) is 6.61 Å². The quantitative estimate of drug-likeness (QED) is 0.653. The van der Waals surface area contributed by atoms with Crippen LogP contribution in [0.25, 0.3) is 11.4 Å². The number of aromatic nitrogens is 2. The summed E-state index contributed by atoms with van der Waals surface area (Å²) in [5.74, 6) is -0.334. The van der Waals surface area contributed by atoms with Gasteiger partial charge in [-0.25, -0.2) is 18.4 Å². The number of nitrogens with two attached hydrogens (primary N) is 1. The van der Waals surface area contributed by atoms with E-state index in [1.165, 1.54) is 5.38 Å². The summed E-state index contributed by atoms with van der Waals surface area (Å²) in [6.45, 7) is -0.257. The molecule has 0 unspecified atom stereocenters. The van der Waals surface area contributed by atoms with Gasteiger partial charge in [0.25, 0.3) is 5.89 Å². The molecule has 0 aliphatic rings. The molecule has 25 heavy (non-hydrogen) atoms. The molecular formula is C14H10ClN3O5S2. The summed E-state index contributed by atoms with van der Waals surface area (Å²) in [5, 5.41) is 10.6. The monoisotopic (exact) mass is 399 g/mol. The molecule has 0 fully saturated rings. The molecule has 3 aromatic rings. The van der Waals surface area contributed by atoms with Crippen molar-refractivity contribution in [2.24, 2.45) is 5.14 Å². The summed E-state index contributed by atoms with van der Waals surface area (Å²) in [4.78, 5) is 16.0. The van der Waals surface area contributed by atoms with E-state index >= 15 is 0 Å².